The predicted molar refractivity (Wildman–Crippen MR) is 109 cm³/mol. The van der Waals surface area contributed by atoms with Gasteiger partial charge in [-0.1, -0.05) is 54.1 Å². The molecule has 160 valence electrons. The zero-order chi connectivity index (χ0) is 22.2. The molecule has 11 heteroatoms. The van der Waals surface area contributed by atoms with Gasteiger partial charge in [-0.25, -0.2) is 4.79 Å². The van der Waals surface area contributed by atoms with Crippen LogP contribution in [0.1, 0.15) is 12.0 Å². The lowest BCUT2D eigenvalue weighted by Crippen LogP contribution is -2.44. The van der Waals surface area contributed by atoms with Crippen molar-refractivity contribution in [2.45, 2.75) is 25.6 Å². The second-order valence-corrected chi connectivity index (χ2v) is 6.85. The zero-order valence-corrected chi connectivity index (χ0v) is 16.9. The van der Waals surface area contributed by atoms with Gasteiger partial charge in [0, 0.05) is 5.56 Å². The number of carbonyl (C=O) groups is 3. The lowest BCUT2D eigenvalue weighted by atomic mass is 10.1. The average Bonchev–Trinajstić information content (AvgIpc) is 3.20. The summed E-state index contributed by atoms with van der Waals surface area (Å²) in [4.78, 5) is 36.8. The van der Waals surface area contributed by atoms with Crippen LogP contribution >= 0.6 is 11.6 Å². The second-order valence-electron chi connectivity index (χ2n) is 6.45. The highest BCUT2D eigenvalue weighted by Gasteiger charge is 2.25. The number of hydrogen-bond donors (Lipinski definition) is 2. The van der Waals surface area contributed by atoms with Gasteiger partial charge in [0.05, 0.1) is 11.4 Å². The molecule has 31 heavy (non-hydrogen) atoms. The Bertz CT molecular complexity index is 1070. The first-order valence-corrected chi connectivity index (χ1v) is 9.54. The van der Waals surface area contributed by atoms with Crippen molar-refractivity contribution < 1.29 is 24.2 Å². The van der Waals surface area contributed by atoms with E-state index >= 15 is 0 Å². The molecular weight excluding hydrogens is 426 g/mol. The standard InChI is InChI=1S/C20H18ClN5O5/c21-15-9-5-4-8-14(15)19-23-25-26(24-19)11-17(27)16(10-18(28)29)22-20(30)31-12-13-6-2-1-3-7-13/h1-9,16H,10-12H2,(H,22,30)(H,28,29). The topological polar surface area (TPSA) is 136 Å². The molecule has 1 amide bonds. The number of carbonyl (C=O) groups excluding carboxylic acids is 2. The minimum Gasteiger partial charge on any atom is -0.481 e. The number of nitrogens with zero attached hydrogens (tertiary/aromatic N) is 4. The molecule has 10 nitrogen and oxygen atoms in total. The molecule has 0 spiro atoms. The van der Waals surface area contributed by atoms with Crippen LogP contribution in [0.2, 0.25) is 5.02 Å². The highest BCUT2D eigenvalue weighted by atomic mass is 35.5. The maximum atomic E-state index is 12.6. The number of aliphatic carboxylic acids is 1. The van der Waals surface area contributed by atoms with Gasteiger partial charge < -0.3 is 15.2 Å². The van der Waals surface area contributed by atoms with Crippen LogP contribution in [-0.2, 0) is 27.5 Å². The molecule has 3 aromatic rings. The molecule has 2 aromatic carbocycles. The SMILES string of the molecule is O=C(O)CC(NC(=O)OCc1ccccc1)C(=O)Cn1nnc(-c2ccccc2Cl)n1. The van der Waals surface area contributed by atoms with E-state index in [0.29, 0.717) is 10.6 Å². The average molecular weight is 444 g/mol. The summed E-state index contributed by atoms with van der Waals surface area (Å²) in [5, 5.41) is 23.5. The van der Waals surface area contributed by atoms with E-state index in [9.17, 15) is 14.4 Å². The Morgan fingerprint density at radius 1 is 1.10 bits per heavy atom. The Morgan fingerprint density at radius 3 is 2.52 bits per heavy atom. The third-order valence-corrected chi connectivity index (χ3v) is 4.47. The molecule has 0 aliphatic rings. The van der Waals surface area contributed by atoms with Gasteiger partial charge in [-0.05, 0) is 22.9 Å². The minimum atomic E-state index is -1.32. The number of nitrogens with one attached hydrogen (secondary N) is 1. The lowest BCUT2D eigenvalue weighted by molar-refractivity contribution is -0.139. The van der Waals surface area contributed by atoms with E-state index < -0.39 is 36.9 Å². The first-order chi connectivity index (χ1) is 14.9. The summed E-state index contributed by atoms with van der Waals surface area (Å²) >= 11 is 6.10. The van der Waals surface area contributed by atoms with Crippen molar-refractivity contribution in [3.8, 4) is 11.4 Å². The molecule has 0 bridgehead atoms. The van der Waals surface area contributed by atoms with Crippen LogP contribution in [0.15, 0.2) is 54.6 Å². The number of ketones is 1. The molecule has 0 radical (unpaired) electrons. The Hall–Kier alpha value is -3.79. The molecule has 3 rings (SSSR count). The van der Waals surface area contributed by atoms with E-state index in [1.165, 1.54) is 0 Å². The van der Waals surface area contributed by atoms with Crippen LogP contribution in [0.4, 0.5) is 4.79 Å². The number of hydrogen-bond acceptors (Lipinski definition) is 7. The van der Waals surface area contributed by atoms with Gasteiger partial charge in [0.15, 0.2) is 5.78 Å². The van der Waals surface area contributed by atoms with E-state index in [4.69, 9.17) is 21.4 Å². The van der Waals surface area contributed by atoms with E-state index in [1.807, 2.05) is 6.07 Å². The summed E-state index contributed by atoms with van der Waals surface area (Å²) in [5.74, 6) is -1.67. The fraction of sp³-hybridized carbons (Fsp3) is 0.200. The third-order valence-electron chi connectivity index (χ3n) is 4.14. The maximum Gasteiger partial charge on any atom is 0.408 e. The van der Waals surface area contributed by atoms with Crippen molar-refractivity contribution in [3.05, 3.63) is 65.2 Å². The van der Waals surface area contributed by atoms with Crippen molar-refractivity contribution in [3.63, 3.8) is 0 Å². The molecule has 1 aromatic heterocycles. The minimum absolute atomic E-state index is 0.0213. The van der Waals surface area contributed by atoms with E-state index in [0.717, 1.165) is 10.4 Å². The quantitative estimate of drug-likeness (QED) is 0.514. The summed E-state index contributed by atoms with van der Waals surface area (Å²) < 4.78 is 5.06. The van der Waals surface area contributed by atoms with Crippen LogP contribution in [0.25, 0.3) is 11.4 Å². The number of Topliss-reactive ketones (excluding diaryl/α,β-unsaturated/α-hetero) is 1. The largest absolute Gasteiger partial charge is 0.481 e. The summed E-state index contributed by atoms with van der Waals surface area (Å²) in [6.07, 6.45) is -1.53. The summed E-state index contributed by atoms with van der Waals surface area (Å²) in [6.45, 7) is -0.416. The monoisotopic (exact) mass is 443 g/mol. The molecule has 0 aliphatic heterocycles. The van der Waals surface area contributed by atoms with Gasteiger partial charge in [0.1, 0.15) is 19.2 Å². The molecule has 0 fully saturated rings. The van der Waals surface area contributed by atoms with Crippen molar-refractivity contribution in [2.75, 3.05) is 0 Å². The highest BCUT2D eigenvalue weighted by molar-refractivity contribution is 6.33. The van der Waals surface area contributed by atoms with Crippen molar-refractivity contribution in [2.24, 2.45) is 0 Å². The fourth-order valence-corrected chi connectivity index (χ4v) is 2.86. The predicted octanol–water partition coefficient (Wildman–Crippen LogP) is 2.33. The van der Waals surface area contributed by atoms with Crippen LogP contribution in [0.3, 0.4) is 0 Å². The molecule has 1 atom stereocenters. The summed E-state index contributed by atoms with van der Waals surface area (Å²) in [5.41, 5.74) is 1.28. The molecule has 2 N–H and O–H groups in total. The molecule has 0 saturated carbocycles. The number of halogens is 1. The van der Waals surface area contributed by atoms with Crippen molar-refractivity contribution >= 4 is 29.4 Å². The highest BCUT2D eigenvalue weighted by Crippen LogP contribution is 2.23. The first kappa shape index (κ1) is 21.9. The molecule has 1 heterocycles. The number of alkyl carbamates (subject to hydrolysis) is 1. The van der Waals surface area contributed by atoms with E-state index in [1.54, 1.807) is 48.5 Å². The number of amides is 1. The number of aromatic nitrogens is 4. The van der Waals surface area contributed by atoms with Crippen molar-refractivity contribution in [1.82, 2.24) is 25.5 Å². The second kappa shape index (κ2) is 10.3. The maximum absolute atomic E-state index is 12.6. The number of carboxylic acids is 1. The lowest BCUT2D eigenvalue weighted by Gasteiger charge is -2.15. The Kier molecular flexibility index (Phi) is 7.28. The van der Waals surface area contributed by atoms with Gasteiger partial charge in [-0.15, -0.1) is 10.2 Å². The fourth-order valence-electron chi connectivity index (χ4n) is 2.64. The smallest absolute Gasteiger partial charge is 0.408 e. The van der Waals surface area contributed by atoms with E-state index in [-0.39, 0.29) is 12.4 Å². The number of tetrazole rings is 1. The van der Waals surface area contributed by atoms with Crippen molar-refractivity contribution in [1.29, 1.82) is 0 Å². The van der Waals surface area contributed by atoms with Crippen LogP contribution in [0.5, 0.6) is 0 Å². The number of benzene rings is 2. The van der Waals surface area contributed by atoms with E-state index in [2.05, 4.69) is 20.7 Å². The van der Waals surface area contributed by atoms with Gasteiger partial charge in [0.2, 0.25) is 5.82 Å². The normalized spacial score (nSPS) is 11.5. The number of rotatable bonds is 9. The molecular formula is C20H18ClN5O5. The van der Waals surface area contributed by atoms with Gasteiger partial charge in [-0.3, -0.25) is 9.59 Å². The zero-order valence-electron chi connectivity index (χ0n) is 16.1. The number of carboxylic acid groups (broad SMARTS) is 1. The third kappa shape index (κ3) is 6.34. The van der Waals surface area contributed by atoms with Crippen LogP contribution < -0.4 is 5.32 Å². The number of ether oxygens (including phenoxy) is 1. The Labute approximate surface area is 181 Å². The van der Waals surface area contributed by atoms with Gasteiger partial charge in [-0.2, -0.15) is 4.80 Å². The summed E-state index contributed by atoms with van der Waals surface area (Å²) in [7, 11) is 0. The van der Waals surface area contributed by atoms with Crippen LogP contribution in [0, 0.1) is 0 Å². The molecule has 0 saturated heterocycles. The van der Waals surface area contributed by atoms with Gasteiger partial charge in [0.25, 0.3) is 0 Å². The Morgan fingerprint density at radius 2 is 1.81 bits per heavy atom. The molecule has 0 aliphatic carbocycles. The molecule has 1 unspecified atom stereocenters. The van der Waals surface area contributed by atoms with Gasteiger partial charge >= 0.3 is 12.1 Å². The Balaban J connectivity index is 1.62. The summed E-state index contributed by atoms with van der Waals surface area (Å²) in [6, 6.07) is 14.5. The van der Waals surface area contributed by atoms with Crippen LogP contribution in [-0.4, -0.2) is 49.2 Å². The first-order valence-electron chi connectivity index (χ1n) is 9.17.